The maximum absolute atomic E-state index is 12.1. The van der Waals surface area contributed by atoms with Crippen molar-refractivity contribution in [1.82, 2.24) is 9.80 Å². The number of carboxylic acid groups (broad SMARTS) is 1. The zero-order valence-electron chi connectivity index (χ0n) is 11.8. The number of carbonyl (C=O) groups is 2. The topological polar surface area (TPSA) is 60.9 Å². The Morgan fingerprint density at radius 3 is 2.28 bits per heavy atom. The van der Waals surface area contributed by atoms with E-state index in [1.165, 1.54) is 11.8 Å². The van der Waals surface area contributed by atoms with E-state index in [2.05, 4.69) is 13.8 Å². The molecule has 18 heavy (non-hydrogen) atoms. The maximum Gasteiger partial charge on any atom is 0.326 e. The van der Waals surface area contributed by atoms with Gasteiger partial charge in [-0.1, -0.05) is 20.3 Å². The molecule has 1 fully saturated rings. The quantitative estimate of drug-likeness (QED) is 0.840. The van der Waals surface area contributed by atoms with Crippen LogP contribution in [0, 0.1) is 5.41 Å². The third-order valence-corrected chi connectivity index (χ3v) is 4.33. The van der Waals surface area contributed by atoms with Crippen molar-refractivity contribution in [3.63, 3.8) is 0 Å². The number of rotatable bonds is 3. The molecule has 0 aliphatic carbocycles. The number of amides is 2. The lowest BCUT2D eigenvalue weighted by Crippen LogP contribution is -2.51. The van der Waals surface area contributed by atoms with Crippen LogP contribution in [0.3, 0.4) is 0 Å². The Morgan fingerprint density at radius 1 is 1.39 bits per heavy atom. The third kappa shape index (κ3) is 3.15. The first-order valence-electron chi connectivity index (χ1n) is 6.55. The van der Waals surface area contributed by atoms with Gasteiger partial charge in [-0.15, -0.1) is 0 Å². The smallest absolute Gasteiger partial charge is 0.326 e. The van der Waals surface area contributed by atoms with Gasteiger partial charge in [0.15, 0.2) is 0 Å². The van der Waals surface area contributed by atoms with E-state index in [1.54, 1.807) is 11.9 Å². The highest BCUT2D eigenvalue weighted by Gasteiger charge is 2.33. The van der Waals surface area contributed by atoms with Crippen molar-refractivity contribution in [2.45, 2.75) is 46.1 Å². The van der Waals surface area contributed by atoms with Crippen LogP contribution in [0.25, 0.3) is 0 Å². The van der Waals surface area contributed by atoms with E-state index < -0.39 is 12.0 Å². The van der Waals surface area contributed by atoms with Crippen LogP contribution in [-0.4, -0.2) is 53.1 Å². The summed E-state index contributed by atoms with van der Waals surface area (Å²) < 4.78 is 0. The highest BCUT2D eigenvalue weighted by Crippen LogP contribution is 2.34. The Labute approximate surface area is 109 Å². The van der Waals surface area contributed by atoms with Gasteiger partial charge >= 0.3 is 12.0 Å². The summed E-state index contributed by atoms with van der Waals surface area (Å²) in [6, 6.07) is -0.958. The molecule has 1 aliphatic heterocycles. The van der Waals surface area contributed by atoms with E-state index in [4.69, 9.17) is 5.11 Å². The maximum atomic E-state index is 12.1. The summed E-state index contributed by atoms with van der Waals surface area (Å²) in [5.74, 6) is -0.971. The van der Waals surface area contributed by atoms with Crippen molar-refractivity contribution < 1.29 is 14.7 Å². The molecule has 1 aliphatic rings. The molecule has 1 N–H and O–H groups in total. The van der Waals surface area contributed by atoms with Gasteiger partial charge < -0.3 is 14.9 Å². The van der Waals surface area contributed by atoms with Crippen LogP contribution in [0.5, 0.6) is 0 Å². The van der Waals surface area contributed by atoms with Gasteiger partial charge in [0.25, 0.3) is 0 Å². The second-order valence-corrected chi connectivity index (χ2v) is 5.56. The standard InChI is InChI=1S/C13H24N2O3/c1-5-13(3)6-8-15(9-7-13)12(18)14(4)10(2)11(16)17/h10H,5-9H2,1-4H3,(H,16,17). The van der Waals surface area contributed by atoms with E-state index in [1.807, 2.05) is 0 Å². The number of likely N-dealkylation sites (N-methyl/N-ethyl adjacent to an activating group) is 1. The fraction of sp³-hybridized carbons (Fsp3) is 0.846. The first kappa shape index (κ1) is 14.8. The van der Waals surface area contributed by atoms with Gasteiger partial charge in [0.2, 0.25) is 0 Å². The average Bonchev–Trinajstić information content (AvgIpc) is 2.37. The number of likely N-dealkylation sites (tertiary alicyclic amines) is 1. The van der Waals surface area contributed by atoms with Crippen LogP contribution < -0.4 is 0 Å². The van der Waals surface area contributed by atoms with Crippen molar-refractivity contribution in [2.24, 2.45) is 5.41 Å². The molecule has 1 atom stereocenters. The molecule has 5 heteroatoms. The van der Waals surface area contributed by atoms with Gasteiger partial charge in [-0.25, -0.2) is 9.59 Å². The zero-order chi connectivity index (χ0) is 13.9. The molecular formula is C13H24N2O3. The summed E-state index contributed by atoms with van der Waals surface area (Å²) in [5.41, 5.74) is 0.327. The van der Waals surface area contributed by atoms with E-state index in [9.17, 15) is 9.59 Å². The van der Waals surface area contributed by atoms with E-state index in [0.29, 0.717) is 5.41 Å². The average molecular weight is 256 g/mol. The van der Waals surface area contributed by atoms with Crippen LogP contribution in [-0.2, 0) is 4.79 Å². The molecule has 0 radical (unpaired) electrons. The Kier molecular flexibility index (Phi) is 4.59. The molecular weight excluding hydrogens is 232 g/mol. The highest BCUT2D eigenvalue weighted by molar-refractivity contribution is 5.82. The number of carbonyl (C=O) groups excluding carboxylic acids is 1. The minimum absolute atomic E-state index is 0.178. The molecule has 0 saturated carbocycles. The first-order chi connectivity index (χ1) is 8.30. The number of hydrogen-bond donors (Lipinski definition) is 1. The molecule has 0 spiro atoms. The molecule has 0 aromatic carbocycles. The Bertz CT molecular complexity index is 322. The molecule has 2 amide bonds. The van der Waals surface area contributed by atoms with Crippen molar-refractivity contribution in [3.8, 4) is 0 Å². The molecule has 1 saturated heterocycles. The number of hydrogen-bond acceptors (Lipinski definition) is 2. The van der Waals surface area contributed by atoms with Gasteiger partial charge in [0.05, 0.1) is 0 Å². The molecule has 1 unspecified atom stereocenters. The minimum Gasteiger partial charge on any atom is -0.480 e. The SMILES string of the molecule is CCC1(C)CCN(C(=O)N(C)C(C)C(=O)O)CC1. The number of aliphatic carboxylic acids is 1. The molecule has 0 bridgehead atoms. The zero-order valence-corrected chi connectivity index (χ0v) is 11.8. The van der Waals surface area contributed by atoms with Crippen molar-refractivity contribution >= 4 is 12.0 Å². The largest absolute Gasteiger partial charge is 0.480 e. The molecule has 1 heterocycles. The van der Waals surface area contributed by atoms with Crippen LogP contribution in [0.4, 0.5) is 4.79 Å². The van der Waals surface area contributed by atoms with Crippen molar-refractivity contribution in [3.05, 3.63) is 0 Å². The third-order valence-electron chi connectivity index (χ3n) is 4.33. The summed E-state index contributed by atoms with van der Waals surface area (Å²) in [5, 5.41) is 8.91. The Morgan fingerprint density at radius 2 is 1.89 bits per heavy atom. The second-order valence-electron chi connectivity index (χ2n) is 5.56. The van der Waals surface area contributed by atoms with Crippen LogP contribution in [0.1, 0.15) is 40.0 Å². The molecule has 0 aromatic heterocycles. The highest BCUT2D eigenvalue weighted by atomic mass is 16.4. The number of carboxylic acids is 1. The van der Waals surface area contributed by atoms with Gasteiger partial charge in [-0.2, -0.15) is 0 Å². The lowest BCUT2D eigenvalue weighted by molar-refractivity contribution is -0.141. The monoisotopic (exact) mass is 256 g/mol. The lowest BCUT2D eigenvalue weighted by atomic mass is 9.78. The molecule has 104 valence electrons. The molecule has 0 aromatic rings. The van der Waals surface area contributed by atoms with E-state index in [0.717, 1.165) is 32.4 Å². The van der Waals surface area contributed by atoms with Crippen molar-refractivity contribution in [1.29, 1.82) is 0 Å². The normalized spacial score (nSPS) is 20.3. The van der Waals surface area contributed by atoms with Crippen molar-refractivity contribution in [2.75, 3.05) is 20.1 Å². The summed E-state index contributed by atoms with van der Waals surface area (Å²) >= 11 is 0. The van der Waals surface area contributed by atoms with E-state index >= 15 is 0 Å². The van der Waals surface area contributed by atoms with E-state index in [-0.39, 0.29) is 6.03 Å². The number of urea groups is 1. The fourth-order valence-electron chi connectivity index (χ4n) is 2.15. The minimum atomic E-state index is -0.971. The van der Waals surface area contributed by atoms with Gasteiger partial charge in [0, 0.05) is 20.1 Å². The predicted molar refractivity (Wildman–Crippen MR) is 69.5 cm³/mol. The first-order valence-corrected chi connectivity index (χ1v) is 6.55. The van der Waals surface area contributed by atoms with Gasteiger partial charge in [-0.05, 0) is 25.2 Å². The number of nitrogens with zero attached hydrogens (tertiary/aromatic N) is 2. The summed E-state index contributed by atoms with van der Waals surface area (Å²) in [6.07, 6.45) is 3.10. The fourth-order valence-corrected chi connectivity index (χ4v) is 2.15. The summed E-state index contributed by atoms with van der Waals surface area (Å²) in [4.78, 5) is 26.1. The van der Waals surface area contributed by atoms with Crippen LogP contribution >= 0.6 is 0 Å². The summed E-state index contributed by atoms with van der Waals surface area (Å²) in [7, 11) is 1.55. The summed E-state index contributed by atoms with van der Waals surface area (Å²) in [6.45, 7) is 7.40. The predicted octanol–water partition coefficient (Wildman–Crippen LogP) is 2.02. The van der Waals surface area contributed by atoms with Crippen LogP contribution in [0.15, 0.2) is 0 Å². The Balaban J connectivity index is 2.57. The molecule has 1 rings (SSSR count). The lowest BCUT2D eigenvalue weighted by Gasteiger charge is -2.40. The molecule has 5 nitrogen and oxygen atoms in total. The Hall–Kier alpha value is -1.26. The number of piperidine rings is 1. The van der Waals surface area contributed by atoms with Gasteiger partial charge in [-0.3, -0.25) is 0 Å². The van der Waals surface area contributed by atoms with Crippen LogP contribution in [0.2, 0.25) is 0 Å². The second kappa shape index (κ2) is 5.59. The van der Waals surface area contributed by atoms with Gasteiger partial charge in [0.1, 0.15) is 6.04 Å².